The summed E-state index contributed by atoms with van der Waals surface area (Å²) in [6.07, 6.45) is -0.895. The van der Waals surface area contributed by atoms with Crippen molar-refractivity contribution in [2.45, 2.75) is 26.1 Å². The summed E-state index contributed by atoms with van der Waals surface area (Å²) >= 11 is 6.13. The van der Waals surface area contributed by atoms with E-state index in [1.807, 2.05) is 50.2 Å². The number of aliphatic hydroxyl groups is 1. The Hall–Kier alpha value is -2.82. The molecular weight excluding hydrogens is 374 g/mol. The first-order valence-corrected chi connectivity index (χ1v) is 9.42. The zero-order chi connectivity index (χ0) is 20.1. The molecule has 0 saturated carbocycles. The van der Waals surface area contributed by atoms with Crippen LogP contribution in [0.5, 0.6) is 5.75 Å². The molecule has 0 aromatic heterocycles. The molecule has 3 aromatic carbocycles. The third kappa shape index (κ3) is 4.91. The summed E-state index contributed by atoms with van der Waals surface area (Å²) in [7, 11) is 0. The highest BCUT2D eigenvalue weighted by Crippen LogP contribution is 2.31. The van der Waals surface area contributed by atoms with Gasteiger partial charge in [0.1, 0.15) is 11.9 Å². The summed E-state index contributed by atoms with van der Waals surface area (Å²) in [5.74, 6) is 0.335. The van der Waals surface area contributed by atoms with Gasteiger partial charge in [0.25, 0.3) is 5.91 Å². The summed E-state index contributed by atoms with van der Waals surface area (Å²) in [4.78, 5) is 12.8. The summed E-state index contributed by atoms with van der Waals surface area (Å²) < 4.78 is 5.65. The van der Waals surface area contributed by atoms with Gasteiger partial charge in [-0.25, -0.2) is 0 Å². The van der Waals surface area contributed by atoms with Gasteiger partial charge in [0.15, 0.2) is 0 Å². The number of hydrogen-bond acceptors (Lipinski definition) is 3. The third-order valence-corrected chi connectivity index (χ3v) is 4.37. The average molecular weight is 396 g/mol. The van der Waals surface area contributed by atoms with E-state index in [0.717, 1.165) is 0 Å². The summed E-state index contributed by atoms with van der Waals surface area (Å²) in [5, 5.41) is 14.1. The average Bonchev–Trinajstić information content (AvgIpc) is 2.69. The van der Waals surface area contributed by atoms with Gasteiger partial charge < -0.3 is 15.2 Å². The van der Waals surface area contributed by atoms with E-state index in [1.54, 1.807) is 36.4 Å². The van der Waals surface area contributed by atoms with Gasteiger partial charge in [-0.1, -0.05) is 48.0 Å². The summed E-state index contributed by atoms with van der Waals surface area (Å²) in [6.45, 7) is 3.86. The van der Waals surface area contributed by atoms with Crippen LogP contribution >= 0.6 is 11.6 Å². The van der Waals surface area contributed by atoms with Crippen molar-refractivity contribution in [1.82, 2.24) is 0 Å². The molecule has 3 aromatic rings. The summed E-state index contributed by atoms with van der Waals surface area (Å²) in [5.41, 5.74) is 2.21. The van der Waals surface area contributed by atoms with Crippen molar-refractivity contribution in [3.05, 3.63) is 94.5 Å². The molecule has 3 rings (SSSR count). The fourth-order valence-electron chi connectivity index (χ4n) is 2.87. The Morgan fingerprint density at radius 2 is 1.75 bits per heavy atom. The van der Waals surface area contributed by atoms with Crippen LogP contribution in [-0.2, 0) is 0 Å². The number of rotatable bonds is 6. The van der Waals surface area contributed by atoms with Gasteiger partial charge in [-0.05, 0) is 55.8 Å². The highest BCUT2D eigenvalue weighted by Gasteiger charge is 2.17. The Bertz CT molecular complexity index is 957. The molecule has 0 bridgehead atoms. The standard InChI is InChI=1S/C23H22ClNO3/c1-15(2)28-19-10-6-9-17(13-19)23(27)25-21-12-11-18(24)14-20(21)22(26)16-7-4-3-5-8-16/h3-15,22,26H,1-2H3,(H,25,27)/t22-/m1/s1. The second-order valence-corrected chi connectivity index (χ2v) is 7.13. The molecule has 0 unspecified atom stereocenters. The van der Waals surface area contributed by atoms with Crippen LogP contribution in [0.1, 0.15) is 41.4 Å². The fraction of sp³-hybridized carbons (Fsp3) is 0.174. The zero-order valence-corrected chi connectivity index (χ0v) is 16.5. The van der Waals surface area contributed by atoms with Crippen LogP contribution in [0.4, 0.5) is 5.69 Å². The summed E-state index contributed by atoms with van der Waals surface area (Å²) in [6, 6.07) is 21.2. The maximum absolute atomic E-state index is 12.8. The van der Waals surface area contributed by atoms with E-state index in [0.29, 0.717) is 33.1 Å². The molecule has 5 heteroatoms. The minimum atomic E-state index is -0.911. The molecule has 0 aliphatic carbocycles. The molecular formula is C23H22ClNO3. The number of carbonyl (C=O) groups excluding carboxylic acids is 1. The Morgan fingerprint density at radius 1 is 1.00 bits per heavy atom. The zero-order valence-electron chi connectivity index (χ0n) is 15.7. The normalized spacial score (nSPS) is 11.9. The number of benzene rings is 3. The molecule has 0 aliphatic heterocycles. The topological polar surface area (TPSA) is 58.6 Å². The lowest BCUT2D eigenvalue weighted by molar-refractivity contribution is 0.102. The van der Waals surface area contributed by atoms with E-state index in [9.17, 15) is 9.90 Å². The molecule has 1 amide bonds. The second-order valence-electron chi connectivity index (χ2n) is 6.69. The lowest BCUT2D eigenvalue weighted by Gasteiger charge is -2.17. The minimum Gasteiger partial charge on any atom is -0.491 e. The van der Waals surface area contributed by atoms with E-state index in [1.165, 1.54) is 0 Å². The highest BCUT2D eigenvalue weighted by molar-refractivity contribution is 6.30. The number of ether oxygens (including phenoxy) is 1. The Kier molecular flexibility index (Phi) is 6.34. The predicted molar refractivity (Wildman–Crippen MR) is 112 cm³/mol. The molecule has 0 heterocycles. The molecule has 1 atom stereocenters. The Labute approximate surface area is 169 Å². The predicted octanol–water partition coefficient (Wildman–Crippen LogP) is 5.46. The van der Waals surface area contributed by atoms with Crippen molar-refractivity contribution in [1.29, 1.82) is 0 Å². The van der Waals surface area contributed by atoms with Gasteiger partial charge in [0.05, 0.1) is 6.10 Å². The number of halogens is 1. The number of carbonyl (C=O) groups is 1. The maximum Gasteiger partial charge on any atom is 0.255 e. The van der Waals surface area contributed by atoms with Crippen LogP contribution in [0.3, 0.4) is 0 Å². The van der Waals surface area contributed by atoms with Crippen LogP contribution in [0.15, 0.2) is 72.8 Å². The molecule has 4 nitrogen and oxygen atoms in total. The van der Waals surface area contributed by atoms with Crippen molar-refractivity contribution in [2.24, 2.45) is 0 Å². The molecule has 144 valence electrons. The number of aliphatic hydroxyl groups excluding tert-OH is 1. The van der Waals surface area contributed by atoms with Gasteiger partial charge in [-0.15, -0.1) is 0 Å². The van der Waals surface area contributed by atoms with Gasteiger partial charge in [0.2, 0.25) is 0 Å². The molecule has 0 spiro atoms. The number of anilines is 1. The van der Waals surface area contributed by atoms with E-state index >= 15 is 0 Å². The van der Waals surface area contributed by atoms with Crippen molar-refractivity contribution < 1.29 is 14.6 Å². The lowest BCUT2D eigenvalue weighted by Crippen LogP contribution is -2.15. The number of hydrogen-bond donors (Lipinski definition) is 2. The van der Waals surface area contributed by atoms with Crippen LogP contribution in [0, 0.1) is 0 Å². The van der Waals surface area contributed by atoms with E-state index in [-0.39, 0.29) is 12.0 Å². The maximum atomic E-state index is 12.8. The SMILES string of the molecule is CC(C)Oc1cccc(C(=O)Nc2ccc(Cl)cc2[C@H](O)c2ccccc2)c1. The number of amides is 1. The van der Waals surface area contributed by atoms with E-state index in [2.05, 4.69) is 5.32 Å². The van der Waals surface area contributed by atoms with Gasteiger partial charge in [0, 0.05) is 21.8 Å². The quantitative estimate of drug-likeness (QED) is 0.582. The third-order valence-electron chi connectivity index (χ3n) is 4.14. The van der Waals surface area contributed by atoms with Crippen LogP contribution in [0.2, 0.25) is 5.02 Å². The minimum absolute atomic E-state index is 0.0159. The molecule has 0 saturated heterocycles. The van der Waals surface area contributed by atoms with Crippen molar-refractivity contribution in [3.63, 3.8) is 0 Å². The van der Waals surface area contributed by atoms with Crippen molar-refractivity contribution >= 4 is 23.2 Å². The highest BCUT2D eigenvalue weighted by atomic mass is 35.5. The fourth-order valence-corrected chi connectivity index (χ4v) is 3.05. The molecule has 28 heavy (non-hydrogen) atoms. The van der Waals surface area contributed by atoms with Gasteiger partial charge >= 0.3 is 0 Å². The first-order valence-electron chi connectivity index (χ1n) is 9.04. The Morgan fingerprint density at radius 3 is 2.46 bits per heavy atom. The monoisotopic (exact) mass is 395 g/mol. The van der Waals surface area contributed by atoms with Crippen LogP contribution < -0.4 is 10.1 Å². The second kappa shape index (κ2) is 8.91. The lowest BCUT2D eigenvalue weighted by atomic mass is 9.99. The molecule has 0 radical (unpaired) electrons. The van der Waals surface area contributed by atoms with E-state index in [4.69, 9.17) is 16.3 Å². The van der Waals surface area contributed by atoms with E-state index < -0.39 is 6.10 Å². The number of nitrogens with one attached hydrogen (secondary N) is 1. The molecule has 2 N–H and O–H groups in total. The smallest absolute Gasteiger partial charge is 0.255 e. The largest absolute Gasteiger partial charge is 0.491 e. The Balaban J connectivity index is 1.87. The van der Waals surface area contributed by atoms with Crippen LogP contribution in [0.25, 0.3) is 0 Å². The van der Waals surface area contributed by atoms with Crippen molar-refractivity contribution in [3.8, 4) is 5.75 Å². The first kappa shape index (κ1) is 19.9. The van der Waals surface area contributed by atoms with Crippen molar-refractivity contribution in [2.75, 3.05) is 5.32 Å². The first-order chi connectivity index (χ1) is 13.4. The van der Waals surface area contributed by atoms with Crippen LogP contribution in [-0.4, -0.2) is 17.1 Å². The van der Waals surface area contributed by atoms with Gasteiger partial charge in [-0.3, -0.25) is 4.79 Å². The molecule has 0 aliphatic rings. The van der Waals surface area contributed by atoms with Gasteiger partial charge in [-0.2, -0.15) is 0 Å². The molecule has 0 fully saturated rings.